The van der Waals surface area contributed by atoms with Gasteiger partial charge in [0.1, 0.15) is 48.3 Å². The number of aliphatic imine (C=N–C) groups is 1. The quantitative estimate of drug-likeness (QED) is 0.00532. The highest BCUT2D eigenvalue weighted by Gasteiger charge is 2.36. The van der Waals surface area contributed by atoms with Gasteiger partial charge in [-0.25, -0.2) is 0 Å². The van der Waals surface area contributed by atoms with Crippen molar-refractivity contribution in [3.8, 4) is 12.3 Å². The Balaban J connectivity index is 6.61. The molecule has 0 aliphatic heterocycles. The molecule has 0 aromatic rings. The first kappa shape index (κ1) is 71.2. The summed E-state index contributed by atoms with van der Waals surface area (Å²) >= 11 is 0. The van der Waals surface area contributed by atoms with Crippen LogP contribution in [-0.2, 0) is 52.7 Å². The Labute approximate surface area is 461 Å². The molecule has 0 heterocycles. The van der Waals surface area contributed by atoms with Gasteiger partial charge in [0.2, 0.25) is 65.0 Å². The van der Waals surface area contributed by atoms with E-state index in [9.17, 15) is 57.8 Å². The number of unbranched alkanes of at least 4 members (excludes halogenated alkanes) is 3. The molecular weight excluding hydrogens is 1030 g/mol. The summed E-state index contributed by atoms with van der Waals surface area (Å²) in [6, 6.07) is -10.9. The van der Waals surface area contributed by atoms with Crippen LogP contribution in [0.15, 0.2) is 10.1 Å². The lowest BCUT2D eigenvalue weighted by molar-refractivity contribution is -0.137. The molecule has 9 atom stereocenters. The van der Waals surface area contributed by atoms with Crippen LogP contribution in [0.25, 0.3) is 10.4 Å². The molecule has 0 aliphatic carbocycles. The van der Waals surface area contributed by atoms with Crippen LogP contribution in [0.5, 0.6) is 0 Å². The summed E-state index contributed by atoms with van der Waals surface area (Å²) in [5.74, 6) is -7.82. The van der Waals surface area contributed by atoms with E-state index in [1.807, 2.05) is 0 Å². The van der Waals surface area contributed by atoms with Crippen molar-refractivity contribution in [1.82, 2.24) is 47.9 Å². The highest BCUT2D eigenvalue weighted by atomic mass is 16.3. The van der Waals surface area contributed by atoms with Gasteiger partial charge in [0.25, 0.3) is 0 Å². The number of guanidine groups is 1. The van der Waals surface area contributed by atoms with Crippen LogP contribution in [0.2, 0.25) is 0 Å². The zero-order chi connectivity index (χ0) is 60.0. The molecule has 0 unspecified atom stereocenters. The smallest absolute Gasteiger partial charge is 0.245 e. The minimum absolute atomic E-state index is 0.0123. The molecule has 30 heteroatoms. The van der Waals surface area contributed by atoms with Gasteiger partial charge < -0.3 is 81.6 Å². The first-order valence-corrected chi connectivity index (χ1v) is 26.4. The average Bonchev–Trinajstić information content (AvgIpc) is 3.38. The van der Waals surface area contributed by atoms with Gasteiger partial charge in [-0.3, -0.25) is 57.7 Å². The van der Waals surface area contributed by atoms with E-state index in [1.165, 1.54) is 6.92 Å². The fraction of sp³-hybridized carbons (Fsp3) is 0.714. The van der Waals surface area contributed by atoms with Gasteiger partial charge in [0.15, 0.2) is 5.96 Å². The molecule has 0 aliphatic rings. The van der Waals surface area contributed by atoms with Crippen LogP contribution in [-0.4, -0.2) is 157 Å². The lowest BCUT2D eigenvalue weighted by atomic mass is 9.97. The largest absolute Gasteiger partial charge is 0.394 e. The average molecular weight is 1120 g/mol. The molecule has 11 amide bonds. The van der Waals surface area contributed by atoms with Crippen LogP contribution < -0.4 is 76.5 Å². The maximum absolute atomic E-state index is 14.2. The monoisotopic (exact) mass is 1120 g/mol. The number of carbonyl (C=O) groups excluding carboxylic acids is 11. The number of terminal acetylenes is 1. The van der Waals surface area contributed by atoms with Crippen molar-refractivity contribution in [3.63, 3.8) is 0 Å². The molecular formula is C49H86N18O12. The van der Waals surface area contributed by atoms with Crippen LogP contribution >= 0.6 is 0 Å². The van der Waals surface area contributed by atoms with Crippen LogP contribution in [0.4, 0.5) is 0 Å². The van der Waals surface area contributed by atoms with Crippen molar-refractivity contribution in [2.75, 3.05) is 32.8 Å². The highest BCUT2D eigenvalue weighted by Crippen LogP contribution is 2.13. The first-order valence-electron chi connectivity index (χ1n) is 26.4. The Kier molecular flexibility index (Phi) is 36.5. The molecule has 0 rings (SSSR count). The van der Waals surface area contributed by atoms with Gasteiger partial charge >= 0.3 is 0 Å². The molecule has 0 radical (unpaired) electrons. The number of hydrogen-bond acceptors (Lipinski definition) is 15. The van der Waals surface area contributed by atoms with E-state index in [0.29, 0.717) is 38.6 Å². The number of amides is 11. The van der Waals surface area contributed by atoms with Crippen LogP contribution in [0.1, 0.15) is 131 Å². The normalized spacial score (nSPS) is 14.2. The van der Waals surface area contributed by atoms with E-state index < -0.39 is 145 Å². The lowest BCUT2D eigenvalue weighted by Crippen LogP contribution is -2.61. The number of carbonyl (C=O) groups is 11. The Morgan fingerprint density at radius 3 is 1.63 bits per heavy atom. The van der Waals surface area contributed by atoms with Crippen molar-refractivity contribution >= 4 is 70.9 Å². The summed E-state index contributed by atoms with van der Waals surface area (Å²) in [5, 5.41) is 36.4. The maximum atomic E-state index is 14.2. The van der Waals surface area contributed by atoms with Gasteiger partial charge in [-0.15, -0.1) is 12.3 Å². The Bertz CT molecular complexity index is 2150. The second-order valence-corrected chi connectivity index (χ2v) is 19.3. The van der Waals surface area contributed by atoms with E-state index in [-0.39, 0.29) is 76.3 Å². The molecule has 0 aromatic carbocycles. The maximum Gasteiger partial charge on any atom is 0.245 e. The number of nitrogens with zero attached hydrogens (tertiary/aromatic N) is 4. The first-order chi connectivity index (χ1) is 37.3. The zero-order valence-corrected chi connectivity index (χ0v) is 46.1. The second kappa shape index (κ2) is 40.4. The molecule has 0 spiro atoms. The fourth-order valence-corrected chi connectivity index (χ4v) is 7.61. The Morgan fingerprint density at radius 1 is 0.608 bits per heavy atom. The van der Waals surface area contributed by atoms with Crippen molar-refractivity contribution in [2.45, 2.75) is 179 Å². The van der Waals surface area contributed by atoms with E-state index in [0.717, 1.165) is 0 Å². The van der Waals surface area contributed by atoms with Gasteiger partial charge in [-0.1, -0.05) is 39.2 Å². The number of aliphatic hydroxyl groups excluding tert-OH is 1. The summed E-state index contributed by atoms with van der Waals surface area (Å²) in [7, 11) is 0. The van der Waals surface area contributed by atoms with E-state index >= 15 is 0 Å². The molecule has 0 fully saturated rings. The zero-order valence-electron chi connectivity index (χ0n) is 46.1. The van der Waals surface area contributed by atoms with Crippen molar-refractivity contribution in [1.29, 1.82) is 0 Å². The molecule has 0 aromatic heterocycles. The van der Waals surface area contributed by atoms with Gasteiger partial charge in [-0.2, -0.15) is 0 Å². The number of nitrogens with two attached hydrogens (primary N) is 5. The Hall–Kier alpha value is -7.77. The summed E-state index contributed by atoms with van der Waals surface area (Å²) in [6.45, 7) is 6.85. The van der Waals surface area contributed by atoms with Crippen LogP contribution in [0.3, 0.4) is 0 Å². The second-order valence-electron chi connectivity index (χ2n) is 19.3. The van der Waals surface area contributed by atoms with E-state index in [2.05, 4.69) is 68.8 Å². The summed E-state index contributed by atoms with van der Waals surface area (Å²) in [6.07, 6.45) is 7.53. The standard InChI is InChI=1S/C49H86N18O12/c1-7-9-10-11-16-33(60-39(71)26-57-42(73)32(59-30(6)69)17-12-13-22-50)43(74)65-37(27-68)47(78)66-40(29(5)8-2)48(79)63-35(20-21-38(51)70)45(76)62-34(19-15-24-58-67-55)44(75)64-36(25-28(3)4)46(77)61-31(41(52)72)18-14-23-56-49(53)54/h1,28-29,31-37,40,68H,8-27,50H2,2-6H3,(H2,51,70)(H2,52,72)(H,57,73)(H,59,69)(H,60,71)(H,61,77)(H,62,76)(H,63,79)(H,64,75)(H,65,74)(H,66,78)(H4,53,54,56)/t29-,31-,32-,33-,34-,35-,36-,37-,40-/m0/s1. The van der Waals surface area contributed by atoms with Crippen LogP contribution in [0, 0.1) is 24.2 Å². The van der Waals surface area contributed by atoms with Gasteiger partial charge in [0.05, 0.1) is 13.2 Å². The Morgan fingerprint density at radius 2 is 1.10 bits per heavy atom. The third kappa shape index (κ3) is 31.3. The van der Waals surface area contributed by atoms with Crippen molar-refractivity contribution < 1.29 is 57.8 Å². The summed E-state index contributed by atoms with van der Waals surface area (Å²) < 4.78 is 0. The number of hydrogen-bond donors (Lipinski definition) is 15. The van der Waals surface area contributed by atoms with Gasteiger partial charge in [-0.05, 0) is 101 Å². The molecule has 444 valence electrons. The minimum Gasteiger partial charge on any atom is -0.394 e. The van der Waals surface area contributed by atoms with Gasteiger partial charge in [0, 0.05) is 37.8 Å². The summed E-state index contributed by atoms with van der Waals surface area (Å²) in [4.78, 5) is 152. The number of azide groups is 1. The molecule has 79 heavy (non-hydrogen) atoms. The fourth-order valence-electron chi connectivity index (χ4n) is 7.61. The van der Waals surface area contributed by atoms with Crippen molar-refractivity contribution in [3.05, 3.63) is 10.4 Å². The third-order valence-electron chi connectivity index (χ3n) is 12.1. The van der Waals surface area contributed by atoms with Crippen molar-refractivity contribution in [2.24, 2.45) is 50.6 Å². The topological polar surface area (TPSA) is 507 Å². The van der Waals surface area contributed by atoms with E-state index in [4.69, 9.17) is 40.6 Å². The molecule has 20 N–H and O–H groups in total. The lowest BCUT2D eigenvalue weighted by Gasteiger charge is -2.29. The SMILES string of the molecule is C#CCCCC[C@H](NC(=O)CNC(=O)[C@H](CCCCN)NC(C)=O)C(=O)N[C@@H](CO)C(=O)N[C@H](C(=O)N[C@@H](CCC(N)=O)C(=O)N[C@@H](CCCN=[N+]=[N-])C(=O)N[C@@H](CC(C)C)C(=O)N[C@@H](CCCN=C(N)N)C(N)=O)[C@@H](C)CC. The molecule has 0 saturated carbocycles. The third-order valence-corrected chi connectivity index (χ3v) is 12.1. The minimum atomic E-state index is -1.71. The highest BCUT2D eigenvalue weighted by molar-refractivity contribution is 5.98. The predicted octanol–water partition coefficient (Wildman–Crippen LogP) is -3.70. The summed E-state index contributed by atoms with van der Waals surface area (Å²) in [5.41, 5.74) is 36.1. The predicted molar refractivity (Wildman–Crippen MR) is 291 cm³/mol. The number of nitrogens with one attached hydrogen (secondary N) is 9. The molecule has 0 bridgehead atoms. The van der Waals surface area contributed by atoms with E-state index in [1.54, 1.807) is 27.7 Å². The molecule has 30 nitrogen and oxygen atoms in total. The molecule has 0 saturated heterocycles. The number of primary amides is 2. The number of rotatable bonds is 42. The number of aliphatic hydroxyl groups is 1.